The van der Waals surface area contributed by atoms with Crippen LogP contribution in [0.15, 0.2) is 67.4 Å². The molecule has 0 spiro atoms. The normalized spacial score (nSPS) is 14.4. The van der Waals surface area contributed by atoms with Crippen LogP contribution in [0.4, 0.5) is 5.69 Å². The van der Waals surface area contributed by atoms with E-state index in [9.17, 15) is 4.79 Å². The Balaban J connectivity index is 1.56. The Kier molecular flexibility index (Phi) is 5.44. The maximum atomic E-state index is 12.7. The predicted molar refractivity (Wildman–Crippen MR) is 116 cm³/mol. The van der Waals surface area contributed by atoms with Gasteiger partial charge in [-0.2, -0.15) is 0 Å². The van der Waals surface area contributed by atoms with Crippen LogP contribution in [0.5, 0.6) is 0 Å². The number of morpholine rings is 1. The van der Waals surface area contributed by atoms with Crippen molar-refractivity contribution in [2.75, 3.05) is 38.3 Å². The Bertz CT molecular complexity index is 1050. The van der Waals surface area contributed by atoms with Gasteiger partial charge < -0.3 is 19.5 Å². The van der Waals surface area contributed by atoms with E-state index in [1.54, 1.807) is 6.08 Å². The Hall–Kier alpha value is -3.38. The van der Waals surface area contributed by atoms with Crippen LogP contribution >= 0.6 is 0 Å². The van der Waals surface area contributed by atoms with E-state index in [1.165, 1.54) is 0 Å². The number of nitrogens with zero attached hydrogens (tertiary/aromatic N) is 3. The number of ether oxygens (including phenoxy) is 1. The number of hydrogen-bond acceptors (Lipinski definition) is 4. The molecule has 0 unspecified atom stereocenters. The molecular formula is C23H24N4O2. The number of nitrogens with one attached hydrogen (secondary N) is 1. The third-order valence-electron chi connectivity index (χ3n) is 5.02. The number of hydrogen-bond donors (Lipinski definition) is 1. The average molecular weight is 388 g/mol. The van der Waals surface area contributed by atoms with Crippen molar-refractivity contribution in [3.63, 3.8) is 0 Å². The lowest BCUT2D eigenvalue weighted by atomic mass is 10.1. The number of amides is 1. The average Bonchev–Trinajstić information content (AvgIpc) is 3.21. The summed E-state index contributed by atoms with van der Waals surface area (Å²) < 4.78 is 5.33. The maximum absolute atomic E-state index is 12.7. The number of anilines is 1. The van der Waals surface area contributed by atoms with E-state index in [4.69, 9.17) is 4.74 Å². The molecule has 2 aromatic carbocycles. The number of aromatic nitrogens is 2. The number of allylic oxidation sites excluding steroid dienone is 2. The van der Waals surface area contributed by atoms with Gasteiger partial charge >= 0.3 is 0 Å². The van der Waals surface area contributed by atoms with E-state index in [1.807, 2.05) is 71.6 Å². The lowest BCUT2D eigenvalue weighted by Crippen LogP contribution is -2.40. The molecule has 1 aliphatic heterocycles. The first-order valence-corrected chi connectivity index (χ1v) is 9.65. The predicted octanol–water partition coefficient (Wildman–Crippen LogP) is 3.84. The molecule has 0 bridgehead atoms. The second-order valence-electron chi connectivity index (χ2n) is 6.96. The second kappa shape index (κ2) is 8.32. The number of fused-ring (bicyclic) bond motifs is 1. The van der Waals surface area contributed by atoms with Gasteiger partial charge in [0.05, 0.1) is 24.2 Å². The Labute approximate surface area is 170 Å². The summed E-state index contributed by atoms with van der Waals surface area (Å²) in [5, 5.41) is 0. The first-order chi connectivity index (χ1) is 14.2. The number of H-pyrrole nitrogens is 1. The molecule has 148 valence electrons. The van der Waals surface area contributed by atoms with Crippen molar-refractivity contribution >= 4 is 22.6 Å². The highest BCUT2D eigenvalue weighted by atomic mass is 16.5. The van der Waals surface area contributed by atoms with Crippen molar-refractivity contribution in [2.45, 2.75) is 0 Å². The molecule has 0 aliphatic carbocycles. The first-order valence-electron chi connectivity index (χ1n) is 9.65. The summed E-state index contributed by atoms with van der Waals surface area (Å²) in [6.07, 6.45) is 5.59. The van der Waals surface area contributed by atoms with E-state index in [2.05, 4.69) is 16.5 Å². The molecule has 1 amide bonds. The number of carbonyl (C=O) groups is 1. The molecule has 1 aromatic heterocycles. The zero-order valence-electron chi connectivity index (χ0n) is 16.5. The lowest BCUT2D eigenvalue weighted by molar-refractivity contribution is 0.0303. The molecule has 0 radical (unpaired) electrons. The number of benzene rings is 2. The lowest BCUT2D eigenvalue weighted by Gasteiger charge is -2.26. The number of carbonyl (C=O) groups excluding carboxylic acids is 1. The van der Waals surface area contributed by atoms with E-state index in [0.29, 0.717) is 31.9 Å². The van der Waals surface area contributed by atoms with Gasteiger partial charge in [-0.25, -0.2) is 4.98 Å². The van der Waals surface area contributed by atoms with Gasteiger partial charge in [-0.05, 0) is 48.5 Å². The summed E-state index contributed by atoms with van der Waals surface area (Å²) in [6.45, 7) is 6.14. The summed E-state index contributed by atoms with van der Waals surface area (Å²) in [4.78, 5) is 24.6. The highest BCUT2D eigenvalue weighted by Gasteiger charge is 2.19. The van der Waals surface area contributed by atoms with Crippen molar-refractivity contribution in [3.8, 4) is 11.4 Å². The van der Waals surface area contributed by atoms with Crippen LogP contribution in [0.1, 0.15) is 10.4 Å². The Morgan fingerprint density at radius 3 is 2.69 bits per heavy atom. The minimum absolute atomic E-state index is 0.0336. The highest BCUT2D eigenvalue weighted by Crippen LogP contribution is 2.24. The van der Waals surface area contributed by atoms with E-state index in [-0.39, 0.29) is 5.91 Å². The summed E-state index contributed by atoms with van der Waals surface area (Å²) in [5.74, 6) is 0.818. The van der Waals surface area contributed by atoms with Crippen molar-refractivity contribution in [2.24, 2.45) is 0 Å². The largest absolute Gasteiger partial charge is 0.378 e. The van der Waals surface area contributed by atoms with Crippen molar-refractivity contribution in [1.82, 2.24) is 14.9 Å². The molecule has 1 saturated heterocycles. The second-order valence-corrected chi connectivity index (χ2v) is 6.96. The van der Waals surface area contributed by atoms with Gasteiger partial charge in [-0.15, -0.1) is 0 Å². The van der Waals surface area contributed by atoms with Crippen LogP contribution < -0.4 is 4.90 Å². The fraction of sp³-hybridized carbons (Fsp3) is 0.217. The van der Waals surface area contributed by atoms with E-state index >= 15 is 0 Å². The zero-order chi connectivity index (χ0) is 20.2. The van der Waals surface area contributed by atoms with E-state index < -0.39 is 0 Å². The van der Waals surface area contributed by atoms with Crippen LogP contribution in [0.2, 0.25) is 0 Å². The zero-order valence-corrected chi connectivity index (χ0v) is 16.5. The molecule has 0 saturated carbocycles. The minimum Gasteiger partial charge on any atom is -0.378 e. The van der Waals surface area contributed by atoms with Crippen molar-refractivity contribution in [1.29, 1.82) is 0 Å². The minimum atomic E-state index is 0.0336. The Morgan fingerprint density at radius 2 is 1.97 bits per heavy atom. The molecule has 4 rings (SSSR count). The number of aromatic amines is 1. The molecule has 2 heterocycles. The first kappa shape index (κ1) is 19.0. The molecule has 1 aliphatic rings. The van der Waals surface area contributed by atoms with Crippen LogP contribution in [0.3, 0.4) is 0 Å². The van der Waals surface area contributed by atoms with Crippen LogP contribution in [0, 0.1) is 0 Å². The van der Waals surface area contributed by atoms with Crippen molar-refractivity contribution < 1.29 is 9.53 Å². The molecule has 1 fully saturated rings. The fourth-order valence-electron chi connectivity index (χ4n) is 3.36. The van der Waals surface area contributed by atoms with Crippen LogP contribution in [-0.2, 0) is 4.74 Å². The molecule has 6 heteroatoms. The summed E-state index contributed by atoms with van der Waals surface area (Å²) >= 11 is 0. The number of rotatable bonds is 5. The molecule has 3 aromatic rings. The third-order valence-corrected chi connectivity index (χ3v) is 5.02. The van der Waals surface area contributed by atoms with Gasteiger partial charge in [0.25, 0.3) is 5.91 Å². The van der Waals surface area contributed by atoms with Gasteiger partial charge in [0.2, 0.25) is 0 Å². The fourth-order valence-corrected chi connectivity index (χ4v) is 3.36. The Morgan fingerprint density at radius 1 is 1.21 bits per heavy atom. The molecule has 0 atom stereocenters. The van der Waals surface area contributed by atoms with Crippen LogP contribution in [0.25, 0.3) is 22.4 Å². The van der Waals surface area contributed by atoms with Gasteiger partial charge in [-0.3, -0.25) is 4.79 Å². The van der Waals surface area contributed by atoms with Gasteiger partial charge in [0.15, 0.2) is 0 Å². The summed E-state index contributed by atoms with van der Waals surface area (Å²) in [7, 11) is 1.99. The van der Waals surface area contributed by atoms with Crippen LogP contribution in [-0.4, -0.2) is 54.1 Å². The van der Waals surface area contributed by atoms with E-state index in [0.717, 1.165) is 28.1 Å². The summed E-state index contributed by atoms with van der Waals surface area (Å²) in [6, 6.07) is 13.8. The molecule has 1 N–H and O–H groups in total. The number of imidazole rings is 1. The standard InChI is InChI=1S/C23H24N4O2/c1-3-4-11-26(2)19-8-5-17(6-9-19)22-24-20-10-7-18(16-21(20)25-22)23(28)27-12-14-29-15-13-27/h3-11,16H,1,12-15H2,2H3,(H,24,25)/b11-4-. The topological polar surface area (TPSA) is 61.5 Å². The summed E-state index contributed by atoms with van der Waals surface area (Å²) in [5.41, 5.74) is 4.43. The maximum Gasteiger partial charge on any atom is 0.254 e. The monoisotopic (exact) mass is 388 g/mol. The highest BCUT2D eigenvalue weighted by molar-refractivity contribution is 5.97. The van der Waals surface area contributed by atoms with Crippen molar-refractivity contribution in [3.05, 3.63) is 73.0 Å². The quantitative estimate of drug-likeness (QED) is 0.675. The molecule has 29 heavy (non-hydrogen) atoms. The smallest absolute Gasteiger partial charge is 0.254 e. The SMILES string of the molecule is C=C/C=C\N(C)c1ccc(-c2nc3ccc(C(=O)N4CCOCC4)cc3[nH]2)cc1. The molecule has 6 nitrogen and oxygen atoms in total. The van der Waals surface area contributed by atoms with Gasteiger partial charge in [-0.1, -0.05) is 12.7 Å². The molecular weight excluding hydrogens is 364 g/mol. The third kappa shape index (κ3) is 4.07. The van der Waals surface area contributed by atoms with Gasteiger partial charge in [0, 0.05) is 43.2 Å². The van der Waals surface area contributed by atoms with Gasteiger partial charge in [0.1, 0.15) is 5.82 Å².